The van der Waals surface area contributed by atoms with Gasteiger partial charge < -0.3 is 30.2 Å². The molecule has 5 rings (SSSR count). The summed E-state index contributed by atoms with van der Waals surface area (Å²) in [7, 11) is 1.92. The zero-order valence-electron chi connectivity index (χ0n) is 21.3. The largest absolute Gasteiger partial charge is 0.416 e. The number of hydrogen-bond acceptors (Lipinski definition) is 5. The van der Waals surface area contributed by atoms with E-state index < -0.39 is 23.8 Å². The molecule has 3 aliphatic heterocycles. The average molecular weight is 543 g/mol. The fourth-order valence-electron chi connectivity index (χ4n) is 5.22. The number of urea groups is 1. The SMILES string of the molecule is CN1C=C2C(=O)N(C3CCN(C(=O)C(NC(=O)Nc4ccc(C(F)(F)F)cc4)c4ccccc4)CC3)CN2C1. The van der Waals surface area contributed by atoms with Crippen LogP contribution >= 0.6 is 0 Å². The van der Waals surface area contributed by atoms with Gasteiger partial charge in [0.25, 0.3) is 5.91 Å². The molecule has 2 saturated heterocycles. The topological polar surface area (TPSA) is 88.2 Å². The lowest BCUT2D eigenvalue weighted by molar-refractivity contribution is -0.138. The molecule has 0 radical (unpaired) electrons. The van der Waals surface area contributed by atoms with E-state index in [0.29, 0.717) is 50.5 Å². The number of nitrogens with one attached hydrogen (secondary N) is 2. The molecule has 2 fully saturated rings. The van der Waals surface area contributed by atoms with Gasteiger partial charge in [-0.15, -0.1) is 0 Å². The van der Waals surface area contributed by atoms with Gasteiger partial charge in [0.2, 0.25) is 5.91 Å². The summed E-state index contributed by atoms with van der Waals surface area (Å²) in [6.45, 7) is 2.06. The van der Waals surface area contributed by atoms with Gasteiger partial charge in [0, 0.05) is 38.1 Å². The van der Waals surface area contributed by atoms with Gasteiger partial charge in [-0.2, -0.15) is 13.2 Å². The minimum absolute atomic E-state index is 0.00731. The highest BCUT2D eigenvalue weighted by Crippen LogP contribution is 2.31. The van der Waals surface area contributed by atoms with Crippen LogP contribution in [0.3, 0.4) is 0 Å². The second-order valence-corrected chi connectivity index (χ2v) is 9.94. The third-order valence-corrected chi connectivity index (χ3v) is 7.22. The number of benzene rings is 2. The van der Waals surface area contributed by atoms with Gasteiger partial charge in [-0.05, 0) is 42.7 Å². The van der Waals surface area contributed by atoms with Gasteiger partial charge in [0.15, 0.2) is 0 Å². The molecule has 3 heterocycles. The van der Waals surface area contributed by atoms with Crippen molar-refractivity contribution < 1.29 is 27.6 Å². The van der Waals surface area contributed by atoms with Crippen LogP contribution in [-0.2, 0) is 15.8 Å². The normalized spacial score (nSPS) is 18.7. The second-order valence-electron chi connectivity index (χ2n) is 9.94. The van der Waals surface area contributed by atoms with Crippen LogP contribution in [0.2, 0.25) is 0 Å². The van der Waals surface area contributed by atoms with E-state index in [4.69, 9.17) is 0 Å². The minimum Gasteiger partial charge on any atom is -0.361 e. The Kier molecular flexibility index (Phi) is 7.11. The highest BCUT2D eigenvalue weighted by atomic mass is 19.4. The molecule has 0 saturated carbocycles. The summed E-state index contributed by atoms with van der Waals surface area (Å²) in [5, 5.41) is 5.19. The van der Waals surface area contributed by atoms with E-state index in [-0.39, 0.29) is 23.5 Å². The molecule has 2 aromatic carbocycles. The number of alkyl halides is 3. The van der Waals surface area contributed by atoms with Crippen molar-refractivity contribution in [2.45, 2.75) is 31.1 Å². The molecule has 39 heavy (non-hydrogen) atoms. The summed E-state index contributed by atoms with van der Waals surface area (Å²) < 4.78 is 38.5. The fraction of sp³-hybridized carbons (Fsp3) is 0.370. The molecule has 206 valence electrons. The molecule has 9 nitrogen and oxygen atoms in total. The summed E-state index contributed by atoms with van der Waals surface area (Å²) in [5.41, 5.74) is 0.619. The monoisotopic (exact) mass is 542 g/mol. The van der Waals surface area contributed by atoms with E-state index >= 15 is 0 Å². The number of halogens is 3. The lowest BCUT2D eigenvalue weighted by atomic mass is 10.0. The zero-order chi connectivity index (χ0) is 27.7. The van der Waals surface area contributed by atoms with Crippen LogP contribution in [0, 0.1) is 0 Å². The molecule has 0 spiro atoms. The summed E-state index contributed by atoms with van der Waals surface area (Å²) >= 11 is 0. The minimum atomic E-state index is -4.48. The summed E-state index contributed by atoms with van der Waals surface area (Å²) in [6, 6.07) is 11.2. The Balaban J connectivity index is 1.22. The summed E-state index contributed by atoms with van der Waals surface area (Å²) in [4.78, 5) is 46.8. The molecule has 0 bridgehead atoms. The van der Waals surface area contributed by atoms with Gasteiger partial charge in [0.05, 0.1) is 18.9 Å². The predicted molar refractivity (Wildman–Crippen MR) is 137 cm³/mol. The molecular weight excluding hydrogens is 513 g/mol. The summed E-state index contributed by atoms with van der Waals surface area (Å²) in [5.74, 6) is -0.284. The molecule has 3 aliphatic rings. The van der Waals surface area contributed by atoms with Crippen molar-refractivity contribution in [1.29, 1.82) is 0 Å². The zero-order valence-corrected chi connectivity index (χ0v) is 21.3. The maximum atomic E-state index is 13.6. The quantitative estimate of drug-likeness (QED) is 0.605. The number of hydrogen-bond donors (Lipinski definition) is 2. The fourth-order valence-corrected chi connectivity index (χ4v) is 5.22. The number of anilines is 1. The molecule has 2 N–H and O–H groups in total. The lowest BCUT2D eigenvalue weighted by Gasteiger charge is -2.38. The van der Waals surface area contributed by atoms with E-state index in [0.717, 1.165) is 24.3 Å². The number of piperidine rings is 1. The Morgan fingerprint density at radius 3 is 2.26 bits per heavy atom. The van der Waals surface area contributed by atoms with Crippen molar-refractivity contribution >= 4 is 23.5 Å². The standard InChI is InChI=1S/C27H29F3N6O3/c1-33-15-22-24(37)36(17-35(22)16-33)21-11-13-34(14-12-21)25(38)23(18-5-3-2-4-6-18)32-26(39)31-20-9-7-19(8-10-20)27(28,29)30/h2-10,15,21,23H,11-14,16-17H2,1H3,(H2,31,32,39). The Morgan fingerprint density at radius 2 is 1.64 bits per heavy atom. The van der Waals surface area contributed by atoms with Crippen LogP contribution in [0.1, 0.15) is 30.0 Å². The third-order valence-electron chi connectivity index (χ3n) is 7.22. The van der Waals surface area contributed by atoms with Crippen molar-refractivity contribution in [3.63, 3.8) is 0 Å². The lowest BCUT2D eigenvalue weighted by Crippen LogP contribution is -2.51. The first-order valence-electron chi connectivity index (χ1n) is 12.7. The van der Waals surface area contributed by atoms with Crippen molar-refractivity contribution in [1.82, 2.24) is 24.9 Å². The van der Waals surface area contributed by atoms with E-state index in [2.05, 4.69) is 10.6 Å². The van der Waals surface area contributed by atoms with Gasteiger partial charge >= 0.3 is 12.2 Å². The maximum Gasteiger partial charge on any atom is 0.416 e. The third kappa shape index (κ3) is 5.64. The number of amides is 4. The van der Waals surface area contributed by atoms with Crippen LogP contribution in [0.25, 0.3) is 0 Å². The smallest absolute Gasteiger partial charge is 0.361 e. The van der Waals surface area contributed by atoms with Gasteiger partial charge in [-0.3, -0.25) is 9.59 Å². The number of fused-ring (bicyclic) bond motifs is 1. The number of likely N-dealkylation sites (tertiary alicyclic amines) is 1. The van der Waals surface area contributed by atoms with E-state index in [1.807, 2.05) is 27.9 Å². The molecular formula is C27H29F3N6O3. The number of carbonyl (C=O) groups is 3. The molecule has 1 atom stereocenters. The van der Waals surface area contributed by atoms with E-state index in [1.165, 1.54) is 0 Å². The molecule has 12 heteroatoms. The Bertz CT molecular complexity index is 1260. The highest BCUT2D eigenvalue weighted by molar-refractivity contribution is 5.96. The first kappa shape index (κ1) is 26.4. The first-order valence-corrected chi connectivity index (χ1v) is 12.7. The Labute approximate surface area is 223 Å². The summed E-state index contributed by atoms with van der Waals surface area (Å²) in [6.07, 6.45) is -1.39. The second kappa shape index (κ2) is 10.5. The van der Waals surface area contributed by atoms with Gasteiger partial charge in [-0.1, -0.05) is 30.3 Å². The van der Waals surface area contributed by atoms with Crippen molar-refractivity contribution in [2.24, 2.45) is 0 Å². The van der Waals surface area contributed by atoms with Crippen molar-refractivity contribution in [3.8, 4) is 0 Å². The molecule has 0 aromatic heterocycles. The maximum absolute atomic E-state index is 13.6. The average Bonchev–Trinajstić information content (AvgIpc) is 3.43. The molecule has 1 unspecified atom stereocenters. The van der Waals surface area contributed by atoms with E-state index in [9.17, 15) is 27.6 Å². The first-order chi connectivity index (χ1) is 18.6. The van der Waals surface area contributed by atoms with Crippen LogP contribution < -0.4 is 10.6 Å². The van der Waals surface area contributed by atoms with Crippen LogP contribution in [-0.4, -0.2) is 77.0 Å². The Morgan fingerprint density at radius 1 is 0.974 bits per heavy atom. The number of carbonyl (C=O) groups excluding carboxylic acids is 3. The Hall–Kier alpha value is -4.22. The van der Waals surface area contributed by atoms with Crippen molar-refractivity contribution in [3.05, 3.63) is 77.6 Å². The number of rotatable bonds is 5. The van der Waals surface area contributed by atoms with Crippen LogP contribution in [0.4, 0.5) is 23.7 Å². The van der Waals surface area contributed by atoms with E-state index in [1.54, 1.807) is 35.2 Å². The number of nitrogens with zero attached hydrogens (tertiary/aromatic N) is 4. The van der Waals surface area contributed by atoms with Crippen molar-refractivity contribution in [2.75, 3.05) is 38.8 Å². The molecule has 0 aliphatic carbocycles. The predicted octanol–water partition coefficient (Wildman–Crippen LogP) is 3.41. The molecule has 2 aromatic rings. The molecule has 4 amide bonds. The van der Waals surface area contributed by atoms with Crippen LogP contribution in [0.5, 0.6) is 0 Å². The van der Waals surface area contributed by atoms with Gasteiger partial charge in [0.1, 0.15) is 11.7 Å². The van der Waals surface area contributed by atoms with Gasteiger partial charge in [-0.25, -0.2) is 4.79 Å². The van der Waals surface area contributed by atoms with Crippen LogP contribution in [0.15, 0.2) is 66.5 Å². The highest BCUT2D eigenvalue weighted by Gasteiger charge is 2.41.